The van der Waals surface area contributed by atoms with E-state index in [0.717, 1.165) is 55.3 Å². The summed E-state index contributed by atoms with van der Waals surface area (Å²) in [6.07, 6.45) is -3.12. The van der Waals surface area contributed by atoms with Gasteiger partial charge in [0.2, 0.25) is 0 Å². The Kier molecular flexibility index (Phi) is 40.5. The van der Waals surface area contributed by atoms with E-state index in [1.165, 1.54) is 12.7 Å². The number of carbonyl (C=O) groups is 3. The maximum atomic E-state index is 11.4. The first-order chi connectivity index (χ1) is 52.3. The first kappa shape index (κ1) is 98.5. The molecule has 22 N–H and O–H groups in total. The highest BCUT2D eigenvalue weighted by atomic mass is 35.7. The summed E-state index contributed by atoms with van der Waals surface area (Å²) in [6, 6.07) is 42.0. The first-order valence-corrected chi connectivity index (χ1v) is 39.6. The Bertz CT molecular complexity index is 4970. The summed E-state index contributed by atoms with van der Waals surface area (Å²) in [4.78, 5) is 50.7. The van der Waals surface area contributed by atoms with E-state index in [2.05, 4.69) is 70.7 Å². The van der Waals surface area contributed by atoms with Gasteiger partial charge in [0.25, 0.3) is 39.9 Å². The molecule has 0 atom stereocenters. The Hall–Kier alpha value is -10.6. The maximum Gasteiger partial charge on any atom is 0.490 e. The van der Waals surface area contributed by atoms with Crippen molar-refractivity contribution in [1.29, 1.82) is 0 Å². The van der Waals surface area contributed by atoms with Gasteiger partial charge in [-0.1, -0.05) is 72.3 Å². The minimum atomic E-state index is -5.08. The van der Waals surface area contributed by atoms with Gasteiger partial charge in [-0.25, -0.2) is 59.7 Å². The predicted octanol–water partition coefficient (Wildman–Crippen LogP) is 9.13. The van der Waals surface area contributed by atoms with Crippen LogP contribution in [-0.2, 0) is 86.9 Å². The average Bonchev–Trinajstić information content (AvgIpc) is 0.799. The molecule has 0 unspecified atom stereocenters. The van der Waals surface area contributed by atoms with E-state index in [1.807, 2.05) is 63.2 Å². The third-order valence-electron chi connectivity index (χ3n) is 12.7. The van der Waals surface area contributed by atoms with Crippen molar-refractivity contribution >= 4 is 148 Å². The van der Waals surface area contributed by atoms with E-state index in [-0.39, 0.29) is 6.54 Å². The number of aliphatic carboxylic acids is 1. The molecule has 0 spiro atoms. The number of benzene rings is 7. The van der Waals surface area contributed by atoms with E-state index >= 15 is 0 Å². The molecule has 46 heteroatoms. The van der Waals surface area contributed by atoms with Gasteiger partial charge in [0.1, 0.15) is 34.8 Å². The molecule has 0 aliphatic rings. The zero-order chi connectivity index (χ0) is 85.7. The van der Waals surface area contributed by atoms with Crippen LogP contribution < -0.4 is 91.7 Å². The fourth-order valence-corrected chi connectivity index (χ4v) is 9.71. The van der Waals surface area contributed by atoms with Gasteiger partial charge in [-0.2, -0.15) is 46.8 Å². The third-order valence-corrected chi connectivity index (χ3v) is 14.7. The van der Waals surface area contributed by atoms with Crippen molar-refractivity contribution in [3.05, 3.63) is 191 Å². The Morgan fingerprint density at radius 2 is 0.761 bits per heavy atom. The van der Waals surface area contributed by atoms with Crippen molar-refractivity contribution in [2.24, 2.45) is 26.3 Å². The van der Waals surface area contributed by atoms with E-state index < -0.39 is 75.4 Å². The van der Waals surface area contributed by atoms with Crippen LogP contribution in [0.5, 0.6) is 23.0 Å². The smallest absolute Gasteiger partial charge is 0.490 e. The van der Waals surface area contributed by atoms with Crippen LogP contribution in [0.4, 0.5) is 57.0 Å². The molecule has 620 valence electrons. The van der Waals surface area contributed by atoms with Gasteiger partial charge in [-0.3, -0.25) is 14.2 Å². The summed E-state index contributed by atoms with van der Waals surface area (Å²) in [6.45, 7) is 13.1. The number of rotatable bonds is 20. The number of nitrogen functional groups attached to an aromatic ring is 2. The van der Waals surface area contributed by atoms with Crippen molar-refractivity contribution in [2.75, 3.05) is 59.4 Å². The van der Waals surface area contributed by atoms with Crippen LogP contribution in [-0.4, -0.2) is 123 Å². The highest BCUT2D eigenvalue weighted by Gasteiger charge is 2.38. The Balaban J connectivity index is 0.000000457. The number of hydrogen-bond acceptors (Lipinski definition) is 26. The maximum absolute atomic E-state index is 11.4. The first-order valence-electron chi connectivity index (χ1n) is 31.9. The molecule has 0 bridgehead atoms. The van der Waals surface area contributed by atoms with Crippen LogP contribution in [0, 0.1) is 0 Å². The lowest BCUT2D eigenvalue weighted by Crippen LogP contribution is -2.32. The Morgan fingerprint density at radius 1 is 0.469 bits per heavy atom. The van der Waals surface area contributed by atoms with Crippen LogP contribution in [0.1, 0.15) is 69.4 Å². The second kappa shape index (κ2) is 46.5. The summed E-state index contributed by atoms with van der Waals surface area (Å²) in [5.74, 6) is 0.301. The number of carbonyl (C=O) groups excluding carboxylic acids is 2. The molecule has 2 aromatic heterocycles. The fourth-order valence-electron chi connectivity index (χ4n) is 7.97. The minimum Gasteiger partial charge on any atom is -0.493 e. The Labute approximate surface area is 665 Å². The van der Waals surface area contributed by atoms with Crippen LogP contribution in [0.25, 0.3) is 21.8 Å². The van der Waals surface area contributed by atoms with Crippen molar-refractivity contribution in [1.82, 2.24) is 35.4 Å². The number of hydrogen-bond donors (Lipinski definition) is 15. The van der Waals surface area contributed by atoms with Gasteiger partial charge in [0.15, 0.2) is 23.0 Å². The lowest BCUT2D eigenvalue weighted by atomic mass is 10.2. The standard InChI is InChI=1S/C17H19N5O4S.C12H19N3O4S.C12H18N2O2.C10H9ClN2O2.C7H10ClN3O2S.C7H10N2.C2HF3O2.ClH2NO2S/c1-25-15-7-13-14(8-16(15)26-2)20-10-21-17(13)19-9-11-3-5-12(6-4-11)22-27(18,23)24;1-12(2,3)19-11(16)14-8-9-4-6-10(7-5-9)15-20(13,17)18;1-12(2,3)16-11(15)14-8-9-4-6-10(13)7-5-9;1-14-8-3-6-7(4-9(8)15-2)12-5-13-10(6)11;8-10-5-6-1-3-7(4-2-6)11-14(9,12)13;8-5-6-1-3-7(9)4-2-6;3-2(4,5)1(6)7;1-5(2,3)4/h3-8,10,22H,9H2,1-2H3,(H2,18,23,24)(H,19,20,21);4-7,15H,8H2,1-3H3,(H,14,16)(H2,13,17,18);4-7H,8,13H2,1-3H3,(H,14,15);3-5H,1-2H3;1-4,10-11H,5H2,(H2,9,12,13);1-4H,5,8-9H2;(H,6,7);(H2,2,3,4). The number of carboxylic acid groups (broad SMARTS) is 1. The van der Waals surface area contributed by atoms with E-state index in [9.17, 15) is 56.4 Å². The van der Waals surface area contributed by atoms with Gasteiger partial charge < -0.3 is 66.7 Å². The lowest BCUT2D eigenvalue weighted by Gasteiger charge is -2.19. The molecule has 9 aromatic rings. The summed E-state index contributed by atoms with van der Waals surface area (Å²) in [5.41, 5.74) is 24.2. The number of anilines is 6. The normalized spacial score (nSPS) is 11.1. The molecule has 0 saturated carbocycles. The number of fused-ring (bicyclic) bond motifs is 2. The van der Waals surface area contributed by atoms with Crippen LogP contribution in [0.2, 0.25) is 5.15 Å². The van der Waals surface area contributed by atoms with Gasteiger partial charge in [0.05, 0.1) is 39.5 Å². The molecule has 0 fully saturated rings. The molecule has 7 aromatic carbocycles. The zero-order valence-electron chi connectivity index (χ0n) is 62.2. The van der Waals surface area contributed by atoms with E-state index in [0.29, 0.717) is 82.9 Å². The SMILES string of the molecule is CC(C)(C)OC(=O)NCc1ccc(N)cc1.CC(C)(C)OC(=O)NCc1ccc(NS(N)(=O)=O)cc1.COc1cc2ncnc(Cl)c2cc1OC.COc1cc2ncnc(NCc3ccc(NS(N)(=O)=O)cc3)c2cc1OC.NCc1ccc(N)cc1.NS(=O)(=O)Cl.NS(=O)(=O)Nc1ccc(CNCl)cc1.O=C(O)C(F)(F)F. The predicted molar refractivity (Wildman–Crippen MR) is 428 cm³/mol. The molecule has 2 heterocycles. The van der Waals surface area contributed by atoms with Crippen LogP contribution in [0.15, 0.2) is 158 Å². The monoisotopic (exact) mass is 1720 g/mol. The average molecular weight is 1730 g/mol. The Morgan fingerprint density at radius 3 is 1.07 bits per heavy atom. The van der Waals surface area contributed by atoms with Gasteiger partial charge in [0, 0.05) is 94.7 Å². The number of carboxylic acids is 1. The number of nitrogens with one attached hydrogen (secondary N) is 7. The number of nitrogens with zero attached hydrogens (tertiary/aromatic N) is 4. The highest BCUT2D eigenvalue weighted by Crippen LogP contribution is 2.35. The number of nitrogens with two attached hydrogens (primary N) is 7. The lowest BCUT2D eigenvalue weighted by molar-refractivity contribution is -0.192. The van der Waals surface area contributed by atoms with Gasteiger partial charge in [-0.05, 0) is 154 Å². The van der Waals surface area contributed by atoms with Crippen molar-refractivity contribution in [2.45, 2.75) is 91.6 Å². The molecule has 36 nitrogen and oxygen atoms in total. The number of alkyl halides is 3. The molecule has 0 aliphatic carbocycles. The zero-order valence-corrected chi connectivity index (χ0v) is 67.7. The molecule has 0 radical (unpaired) electrons. The fraction of sp³-hybridized carbons (Fsp3) is 0.269. The number of aromatic nitrogens is 4. The second-order valence-corrected chi connectivity index (χ2v) is 31.0. The molecule has 2 amide bonds. The molecule has 0 aliphatic heterocycles. The molecule has 9 rings (SSSR count). The van der Waals surface area contributed by atoms with E-state index in [1.54, 1.807) is 152 Å². The highest BCUT2D eigenvalue weighted by molar-refractivity contribution is 8.11. The van der Waals surface area contributed by atoms with Crippen molar-refractivity contribution in [3.8, 4) is 23.0 Å². The third kappa shape index (κ3) is 44.3. The summed E-state index contributed by atoms with van der Waals surface area (Å²) in [5, 5.41) is 36.3. The molecular weight excluding hydrogens is 1640 g/mol. The van der Waals surface area contributed by atoms with Crippen molar-refractivity contribution in [3.63, 3.8) is 0 Å². The number of ether oxygens (including phenoxy) is 6. The summed E-state index contributed by atoms with van der Waals surface area (Å²) >= 11 is 11.2. The minimum absolute atomic E-state index is 0.282. The van der Waals surface area contributed by atoms with Crippen molar-refractivity contribution < 1.29 is 94.8 Å². The van der Waals surface area contributed by atoms with Gasteiger partial charge in [-0.15, -0.1) is 0 Å². The number of methoxy groups -OCH3 is 4. The largest absolute Gasteiger partial charge is 0.493 e. The van der Waals surface area contributed by atoms with Crippen LogP contribution >= 0.6 is 34.1 Å². The van der Waals surface area contributed by atoms with E-state index in [4.69, 9.17) is 94.3 Å². The quantitative estimate of drug-likeness (QED) is 0.0146. The van der Waals surface area contributed by atoms with Crippen LogP contribution in [0.3, 0.4) is 0 Å². The second-order valence-electron chi connectivity index (χ2n) is 24.2. The number of alkyl carbamates (subject to hydrolysis) is 2. The van der Waals surface area contributed by atoms with Gasteiger partial charge >= 0.3 is 24.3 Å². The summed E-state index contributed by atoms with van der Waals surface area (Å²) in [7, 11) is -4.39. The summed E-state index contributed by atoms with van der Waals surface area (Å²) < 4.78 is 153. The molecular formula is C67H88Cl3F3N18O18S4. The number of halogens is 6. The number of amides is 2. The topological polar surface area (TPSA) is 581 Å². The molecule has 0 saturated heterocycles. The molecule has 113 heavy (non-hydrogen) atoms.